The van der Waals surface area contributed by atoms with Gasteiger partial charge in [0.2, 0.25) is 0 Å². The fourth-order valence-corrected chi connectivity index (χ4v) is 34.7. The molecule has 1 aliphatic heterocycles. The fourth-order valence-electron chi connectivity index (χ4n) is 10.0. The Kier molecular flexibility index (Phi) is 9.21. The fraction of sp³-hybridized carbons (Fsp3) is 0.476. The van der Waals surface area contributed by atoms with Crippen molar-refractivity contribution in [3.63, 3.8) is 0 Å². The van der Waals surface area contributed by atoms with Crippen molar-refractivity contribution in [2.45, 2.75) is 101 Å². The van der Waals surface area contributed by atoms with Crippen molar-refractivity contribution in [2.75, 3.05) is 0 Å². The molecule has 6 rings (SSSR count). The van der Waals surface area contributed by atoms with E-state index < -0.39 is 18.4 Å². The molecule has 3 aliphatic rings. The minimum atomic E-state index is -3.77. The Labute approximate surface area is 281 Å². The van der Waals surface area contributed by atoms with E-state index in [9.17, 15) is 9.59 Å². The van der Waals surface area contributed by atoms with Crippen molar-refractivity contribution in [2.24, 2.45) is 17.8 Å². The first-order chi connectivity index (χ1) is 21.8. The molecule has 3 aromatic rings. The molecule has 1 heterocycles. The molecule has 3 aromatic carbocycles. The van der Waals surface area contributed by atoms with Gasteiger partial charge in [-0.25, -0.2) is 0 Å². The quantitative estimate of drug-likeness (QED) is 0.0906. The van der Waals surface area contributed by atoms with E-state index in [1.165, 1.54) is 28.7 Å². The number of hydrogen-bond acceptors (Lipinski definition) is 3. The van der Waals surface area contributed by atoms with E-state index in [0.717, 1.165) is 32.6 Å². The SMILES string of the molecule is CC(C)([CH2][Sn]([CH2]C(C)(C)c1ccccc1)([CH2]C(C)(C)c1ccccc1)[C@@H]1C=C2CCCCC2[C@H]2C(=O)OC(=O)[C@H]21)c1ccccc1. The van der Waals surface area contributed by atoms with Crippen LogP contribution in [0.15, 0.2) is 103 Å². The summed E-state index contributed by atoms with van der Waals surface area (Å²) in [5.41, 5.74) is 5.21. The summed E-state index contributed by atoms with van der Waals surface area (Å²) < 4.78 is 9.00. The van der Waals surface area contributed by atoms with E-state index in [-0.39, 0.29) is 49.9 Å². The molecule has 2 aliphatic carbocycles. The molecular weight excluding hydrogens is 671 g/mol. The molecular formula is C42H52O3Sn. The topological polar surface area (TPSA) is 43.4 Å². The average molecular weight is 724 g/mol. The summed E-state index contributed by atoms with van der Waals surface area (Å²) in [5.74, 6) is -1.04. The first-order valence-corrected chi connectivity index (χ1v) is 25.2. The number of cyclic esters (lactones) is 2. The second kappa shape index (κ2) is 12.7. The van der Waals surface area contributed by atoms with E-state index in [4.69, 9.17) is 4.74 Å². The molecule has 46 heavy (non-hydrogen) atoms. The summed E-state index contributed by atoms with van der Waals surface area (Å²) in [6, 6.07) is 33.0. The Morgan fingerprint density at radius 3 is 1.46 bits per heavy atom. The van der Waals surface area contributed by atoms with Crippen LogP contribution in [0, 0.1) is 17.8 Å². The van der Waals surface area contributed by atoms with Gasteiger partial charge in [-0.1, -0.05) is 0 Å². The summed E-state index contributed by atoms with van der Waals surface area (Å²) in [6.45, 7) is 14.5. The van der Waals surface area contributed by atoms with Crippen molar-refractivity contribution in [3.05, 3.63) is 119 Å². The van der Waals surface area contributed by atoms with Crippen LogP contribution in [0.25, 0.3) is 0 Å². The van der Waals surface area contributed by atoms with Gasteiger partial charge in [0.1, 0.15) is 0 Å². The first-order valence-electron chi connectivity index (χ1n) is 17.5. The van der Waals surface area contributed by atoms with Crippen LogP contribution < -0.4 is 0 Å². The van der Waals surface area contributed by atoms with Crippen molar-refractivity contribution in [1.82, 2.24) is 0 Å². The monoisotopic (exact) mass is 724 g/mol. The number of esters is 2. The number of ether oxygens (including phenoxy) is 1. The van der Waals surface area contributed by atoms with E-state index in [2.05, 4.69) is 139 Å². The zero-order chi connectivity index (χ0) is 32.7. The average Bonchev–Trinajstić information content (AvgIpc) is 3.34. The Bertz CT molecular complexity index is 1440. The molecule has 0 radical (unpaired) electrons. The summed E-state index contributed by atoms with van der Waals surface area (Å²) in [4.78, 5) is 27.6. The van der Waals surface area contributed by atoms with E-state index in [1.807, 2.05) is 0 Å². The predicted molar refractivity (Wildman–Crippen MR) is 190 cm³/mol. The van der Waals surface area contributed by atoms with Crippen LogP contribution in [0.1, 0.15) is 83.9 Å². The van der Waals surface area contributed by atoms with Gasteiger partial charge in [0.15, 0.2) is 0 Å². The number of carbonyl (C=O) groups excluding carboxylic acids is 2. The van der Waals surface area contributed by atoms with Gasteiger partial charge in [-0.15, -0.1) is 0 Å². The molecule has 242 valence electrons. The van der Waals surface area contributed by atoms with Gasteiger partial charge in [-0.2, -0.15) is 0 Å². The van der Waals surface area contributed by atoms with Gasteiger partial charge in [0, 0.05) is 0 Å². The van der Waals surface area contributed by atoms with E-state index >= 15 is 0 Å². The molecule has 1 saturated carbocycles. The Balaban J connectivity index is 1.60. The third-order valence-electron chi connectivity index (χ3n) is 11.8. The van der Waals surface area contributed by atoms with Crippen LogP contribution >= 0.6 is 0 Å². The third-order valence-corrected chi connectivity index (χ3v) is 30.9. The molecule has 0 amide bonds. The van der Waals surface area contributed by atoms with Crippen molar-refractivity contribution in [1.29, 1.82) is 0 Å². The Morgan fingerprint density at radius 2 is 1.02 bits per heavy atom. The Hall–Kier alpha value is -2.66. The van der Waals surface area contributed by atoms with Gasteiger partial charge < -0.3 is 0 Å². The van der Waals surface area contributed by atoms with Crippen molar-refractivity contribution < 1.29 is 14.3 Å². The van der Waals surface area contributed by atoms with Crippen LogP contribution in [-0.4, -0.2) is 30.3 Å². The molecule has 2 fully saturated rings. The van der Waals surface area contributed by atoms with Gasteiger partial charge in [0.05, 0.1) is 0 Å². The standard InChI is InChI=1S/C12H13O3.3C10H13.Sn/c13-11-9-6-5-7-3-1-2-4-8(7)10(9)12(14)15-11;3*1-10(2,3)9-7-5-4-6-8-9;/h5-6,8-10H,1-4H2;3*4-8H,1H2,2-3H3;/t8?,9-,10+;;;;/m0..../s1. The van der Waals surface area contributed by atoms with Crippen molar-refractivity contribution in [3.8, 4) is 0 Å². The molecule has 4 atom stereocenters. The summed E-state index contributed by atoms with van der Waals surface area (Å²) >= 11 is -3.77. The van der Waals surface area contributed by atoms with E-state index in [0.29, 0.717) is 0 Å². The minimum absolute atomic E-state index is 0.0940. The van der Waals surface area contributed by atoms with Gasteiger partial charge in [-0.3, -0.25) is 0 Å². The molecule has 0 aromatic heterocycles. The molecule has 0 bridgehead atoms. The van der Waals surface area contributed by atoms with E-state index in [1.54, 1.807) is 0 Å². The molecule has 0 N–H and O–H groups in total. The zero-order valence-corrected chi connectivity index (χ0v) is 31.6. The van der Waals surface area contributed by atoms with Crippen LogP contribution in [0.2, 0.25) is 17.2 Å². The molecule has 1 unspecified atom stereocenters. The van der Waals surface area contributed by atoms with Gasteiger partial charge in [-0.05, 0) is 0 Å². The first kappa shape index (κ1) is 33.2. The number of carbonyl (C=O) groups is 2. The van der Waals surface area contributed by atoms with Gasteiger partial charge >= 0.3 is 282 Å². The zero-order valence-electron chi connectivity index (χ0n) is 28.7. The van der Waals surface area contributed by atoms with Gasteiger partial charge in [0.25, 0.3) is 0 Å². The summed E-state index contributed by atoms with van der Waals surface area (Å²) in [5, 5.41) is 0. The van der Waals surface area contributed by atoms with Crippen molar-refractivity contribution >= 4 is 30.3 Å². The number of allylic oxidation sites excluding steroid dienone is 2. The van der Waals surface area contributed by atoms with Crippen LogP contribution in [0.5, 0.6) is 0 Å². The number of rotatable bonds is 10. The predicted octanol–water partition coefficient (Wildman–Crippen LogP) is 10.2. The van der Waals surface area contributed by atoms with Crippen LogP contribution in [0.3, 0.4) is 0 Å². The maximum atomic E-state index is 14.0. The normalized spacial score (nSPS) is 23.7. The maximum absolute atomic E-state index is 14.0. The number of hydrogen-bond donors (Lipinski definition) is 0. The number of benzene rings is 3. The molecule has 0 spiro atoms. The van der Waals surface area contributed by atoms with Crippen LogP contribution in [-0.2, 0) is 30.6 Å². The molecule has 4 heteroatoms. The van der Waals surface area contributed by atoms with Crippen LogP contribution in [0.4, 0.5) is 0 Å². The summed E-state index contributed by atoms with van der Waals surface area (Å²) in [6.07, 6.45) is 6.92. The Morgan fingerprint density at radius 1 is 0.609 bits per heavy atom. The second-order valence-electron chi connectivity index (χ2n) is 16.6. The molecule has 1 saturated heterocycles. The third kappa shape index (κ3) is 6.42. The number of fused-ring (bicyclic) bond motifs is 3. The second-order valence-corrected chi connectivity index (χ2v) is 29.3. The molecule has 3 nitrogen and oxygen atoms in total. The summed E-state index contributed by atoms with van der Waals surface area (Å²) in [7, 11) is 0.